The lowest BCUT2D eigenvalue weighted by Gasteiger charge is -2.18. The number of rotatable bonds is 6. The summed E-state index contributed by atoms with van der Waals surface area (Å²) in [6, 6.07) is 12.1. The number of benzene rings is 2. The average Bonchev–Trinajstić information content (AvgIpc) is 3.41. The fourth-order valence-electron chi connectivity index (χ4n) is 4.31. The molecule has 1 aromatic heterocycles. The van der Waals surface area contributed by atoms with Gasteiger partial charge in [0, 0.05) is 30.1 Å². The van der Waals surface area contributed by atoms with Crippen molar-refractivity contribution < 1.29 is 21.9 Å². The van der Waals surface area contributed by atoms with Crippen LogP contribution in [0.3, 0.4) is 0 Å². The maximum Gasteiger partial charge on any atom is 0.387 e. The summed E-state index contributed by atoms with van der Waals surface area (Å²) in [5.74, 6) is 0.793. The van der Waals surface area contributed by atoms with Crippen molar-refractivity contribution >= 4 is 32.3 Å². The Morgan fingerprint density at radius 1 is 1.13 bits per heavy atom. The van der Waals surface area contributed by atoms with E-state index in [1.54, 1.807) is 24.3 Å². The molecule has 2 aliphatic rings. The lowest BCUT2D eigenvalue weighted by molar-refractivity contribution is -0.0497. The first-order valence-electron chi connectivity index (χ1n) is 10.3. The maximum absolute atomic E-state index is 12.7. The third-order valence-electron chi connectivity index (χ3n) is 5.97. The standard InChI is InChI=1S/C22H23F2N3O3S/c23-22(24)30-17-8-9-18-19(12-17)26(13-14-2-3-14)21(20(18)25)15-4-6-16(7-5-15)27-10-1-11-31(27,28)29/h4-9,12,14,22H,1-3,10-11,13,25H2. The Hall–Kier alpha value is -2.81. The number of hydrogen-bond acceptors (Lipinski definition) is 4. The fraction of sp³-hybridized carbons (Fsp3) is 0.364. The average molecular weight is 448 g/mol. The molecular formula is C22H23F2N3O3S. The van der Waals surface area contributed by atoms with Crippen LogP contribution in [0.25, 0.3) is 22.2 Å². The number of halogens is 2. The van der Waals surface area contributed by atoms with Gasteiger partial charge in [-0.2, -0.15) is 8.78 Å². The lowest BCUT2D eigenvalue weighted by Crippen LogP contribution is -2.24. The van der Waals surface area contributed by atoms with E-state index in [2.05, 4.69) is 9.30 Å². The highest BCUT2D eigenvalue weighted by molar-refractivity contribution is 7.93. The molecule has 0 bridgehead atoms. The summed E-state index contributed by atoms with van der Waals surface area (Å²) in [4.78, 5) is 0. The quantitative estimate of drug-likeness (QED) is 0.606. The Balaban J connectivity index is 1.59. The molecule has 9 heteroatoms. The Morgan fingerprint density at radius 2 is 1.87 bits per heavy atom. The van der Waals surface area contributed by atoms with Gasteiger partial charge in [0.2, 0.25) is 10.0 Å². The molecule has 0 spiro atoms. The molecule has 1 aliphatic heterocycles. The van der Waals surface area contributed by atoms with Crippen LogP contribution in [0.15, 0.2) is 42.5 Å². The largest absolute Gasteiger partial charge is 0.435 e. The topological polar surface area (TPSA) is 77.6 Å². The van der Waals surface area contributed by atoms with Crippen LogP contribution < -0.4 is 14.8 Å². The summed E-state index contributed by atoms with van der Waals surface area (Å²) in [7, 11) is -3.25. The number of anilines is 2. The second kappa shape index (κ2) is 7.40. The maximum atomic E-state index is 12.7. The molecule has 2 N–H and O–H groups in total. The molecule has 1 aliphatic carbocycles. The second-order valence-corrected chi connectivity index (χ2v) is 10.2. The molecule has 5 rings (SSSR count). The van der Waals surface area contributed by atoms with Crippen molar-refractivity contribution in [2.45, 2.75) is 32.4 Å². The van der Waals surface area contributed by atoms with E-state index in [0.29, 0.717) is 30.3 Å². The molecule has 3 aromatic rings. The molecule has 2 heterocycles. The van der Waals surface area contributed by atoms with E-state index in [1.165, 1.54) is 10.4 Å². The van der Waals surface area contributed by atoms with Crippen molar-refractivity contribution in [2.24, 2.45) is 5.92 Å². The summed E-state index contributed by atoms with van der Waals surface area (Å²) in [5, 5.41) is 0.781. The van der Waals surface area contributed by atoms with Gasteiger partial charge >= 0.3 is 6.61 Å². The molecule has 2 fully saturated rings. The highest BCUT2D eigenvalue weighted by atomic mass is 32.2. The zero-order valence-electron chi connectivity index (χ0n) is 16.8. The van der Waals surface area contributed by atoms with Crippen molar-refractivity contribution in [1.82, 2.24) is 4.57 Å². The summed E-state index contributed by atoms with van der Waals surface area (Å²) < 4.78 is 58.0. The molecule has 0 amide bonds. The minimum atomic E-state index is -3.25. The number of nitrogens with two attached hydrogens (primary N) is 1. The Morgan fingerprint density at radius 3 is 2.48 bits per heavy atom. The number of nitrogen functional groups attached to an aromatic ring is 1. The molecule has 0 unspecified atom stereocenters. The number of ether oxygens (including phenoxy) is 1. The van der Waals surface area contributed by atoms with Crippen LogP contribution in [0.5, 0.6) is 5.75 Å². The van der Waals surface area contributed by atoms with Crippen LogP contribution in [-0.4, -0.2) is 31.9 Å². The first-order valence-corrected chi connectivity index (χ1v) is 11.9. The van der Waals surface area contributed by atoms with Gasteiger partial charge in [0.15, 0.2) is 0 Å². The van der Waals surface area contributed by atoms with Crippen molar-refractivity contribution in [3.8, 4) is 17.0 Å². The van der Waals surface area contributed by atoms with Gasteiger partial charge < -0.3 is 15.0 Å². The van der Waals surface area contributed by atoms with E-state index in [9.17, 15) is 17.2 Å². The van der Waals surface area contributed by atoms with E-state index >= 15 is 0 Å². The van der Waals surface area contributed by atoms with Gasteiger partial charge in [0.25, 0.3) is 0 Å². The van der Waals surface area contributed by atoms with E-state index in [4.69, 9.17) is 5.73 Å². The SMILES string of the molecule is Nc1c(-c2ccc(N3CCCS3(=O)=O)cc2)n(CC2CC2)c2cc(OC(F)F)ccc12. The molecule has 2 aromatic carbocycles. The minimum Gasteiger partial charge on any atom is -0.435 e. The second-order valence-electron chi connectivity index (χ2n) is 8.16. The summed E-state index contributed by atoms with van der Waals surface area (Å²) in [6.45, 7) is -1.67. The number of alkyl halides is 2. The van der Waals surface area contributed by atoms with E-state index < -0.39 is 16.6 Å². The summed E-state index contributed by atoms with van der Waals surface area (Å²) in [6.07, 6.45) is 2.87. The first kappa shape index (κ1) is 20.1. The van der Waals surface area contributed by atoms with Gasteiger partial charge in [-0.25, -0.2) is 8.42 Å². The van der Waals surface area contributed by atoms with Crippen molar-refractivity contribution in [3.63, 3.8) is 0 Å². The highest BCUT2D eigenvalue weighted by Gasteiger charge is 2.29. The van der Waals surface area contributed by atoms with Gasteiger partial charge in [0.05, 0.1) is 28.3 Å². The van der Waals surface area contributed by atoms with E-state index in [0.717, 1.165) is 41.5 Å². The molecule has 6 nitrogen and oxygen atoms in total. The minimum absolute atomic E-state index is 0.0955. The van der Waals surface area contributed by atoms with Gasteiger partial charge in [-0.05, 0) is 49.4 Å². The van der Waals surface area contributed by atoms with Crippen LogP contribution in [-0.2, 0) is 16.6 Å². The molecule has 0 atom stereocenters. The third-order valence-corrected chi connectivity index (χ3v) is 7.84. The number of aromatic nitrogens is 1. The lowest BCUT2D eigenvalue weighted by atomic mass is 10.1. The van der Waals surface area contributed by atoms with Gasteiger partial charge in [-0.1, -0.05) is 12.1 Å². The van der Waals surface area contributed by atoms with Gasteiger partial charge in [0.1, 0.15) is 5.75 Å². The molecule has 31 heavy (non-hydrogen) atoms. The van der Waals surface area contributed by atoms with Crippen LogP contribution in [0.2, 0.25) is 0 Å². The predicted octanol–water partition coefficient (Wildman–Crippen LogP) is 4.44. The summed E-state index contributed by atoms with van der Waals surface area (Å²) in [5.41, 5.74) is 10.1. The zero-order valence-corrected chi connectivity index (χ0v) is 17.6. The van der Waals surface area contributed by atoms with Crippen LogP contribution >= 0.6 is 0 Å². The van der Waals surface area contributed by atoms with Crippen LogP contribution in [0.1, 0.15) is 19.3 Å². The van der Waals surface area contributed by atoms with Gasteiger partial charge in [-0.3, -0.25) is 4.31 Å². The predicted molar refractivity (Wildman–Crippen MR) is 117 cm³/mol. The molecular weight excluding hydrogens is 424 g/mol. The van der Waals surface area contributed by atoms with Crippen molar-refractivity contribution in [1.29, 1.82) is 0 Å². The van der Waals surface area contributed by atoms with Crippen LogP contribution in [0, 0.1) is 5.92 Å². The van der Waals surface area contributed by atoms with E-state index in [1.807, 2.05) is 12.1 Å². The van der Waals surface area contributed by atoms with E-state index in [-0.39, 0.29) is 11.5 Å². The molecule has 1 saturated carbocycles. The number of sulfonamides is 1. The number of hydrogen-bond donors (Lipinski definition) is 1. The highest BCUT2D eigenvalue weighted by Crippen LogP contribution is 2.41. The van der Waals surface area contributed by atoms with Gasteiger partial charge in [-0.15, -0.1) is 0 Å². The normalized spacial score (nSPS) is 18.2. The third kappa shape index (κ3) is 3.71. The van der Waals surface area contributed by atoms with Crippen LogP contribution in [0.4, 0.5) is 20.2 Å². The number of fused-ring (bicyclic) bond motifs is 1. The smallest absolute Gasteiger partial charge is 0.387 e. The zero-order chi connectivity index (χ0) is 21.8. The molecule has 0 radical (unpaired) electrons. The molecule has 1 saturated heterocycles. The van der Waals surface area contributed by atoms with Crippen molar-refractivity contribution in [2.75, 3.05) is 22.3 Å². The Kier molecular flexibility index (Phi) is 4.80. The monoisotopic (exact) mass is 447 g/mol. The summed E-state index contributed by atoms with van der Waals surface area (Å²) >= 11 is 0. The number of nitrogens with zero attached hydrogens (tertiary/aromatic N) is 2. The first-order chi connectivity index (χ1) is 14.8. The molecule has 164 valence electrons. The Bertz CT molecular complexity index is 1240. The Labute approximate surface area is 179 Å². The fourth-order valence-corrected chi connectivity index (χ4v) is 5.87. The van der Waals surface area contributed by atoms with Crippen molar-refractivity contribution in [3.05, 3.63) is 42.5 Å².